The first-order valence-electron chi connectivity index (χ1n) is 7.20. The Morgan fingerprint density at radius 2 is 0.952 bits per heavy atom. The maximum Gasteiger partial charge on any atom is 0.385 e. The molecule has 0 amide bonds. The van der Waals surface area contributed by atoms with Gasteiger partial charge in [-0.1, -0.05) is 30.7 Å². The Kier molecular flexibility index (Phi) is 5.43. The van der Waals surface area contributed by atoms with Gasteiger partial charge in [0.05, 0.1) is 0 Å². The maximum atomic E-state index is 8.62. The minimum absolute atomic E-state index is 0.594. The molecule has 0 fully saturated rings. The number of unbranched alkanes of at least 4 members (excludes halogenated alkanes) is 2. The molecule has 0 saturated carbocycles. The number of benzene rings is 2. The van der Waals surface area contributed by atoms with Crippen molar-refractivity contribution < 1.29 is 0 Å². The SMILES string of the molecule is N#[N+]c1ccc(CCCCCc2ccc([N+]#N)cc2)cc1. The van der Waals surface area contributed by atoms with Crippen molar-refractivity contribution in [3.8, 4) is 0 Å². The minimum atomic E-state index is 0.594. The quantitative estimate of drug-likeness (QED) is 0.509. The van der Waals surface area contributed by atoms with Crippen molar-refractivity contribution in [3.05, 3.63) is 69.6 Å². The van der Waals surface area contributed by atoms with Gasteiger partial charge >= 0.3 is 11.4 Å². The van der Waals surface area contributed by atoms with Crippen LogP contribution in [0, 0.1) is 10.8 Å². The molecular weight excluding hydrogens is 260 g/mol. The van der Waals surface area contributed by atoms with Crippen LogP contribution in [0.3, 0.4) is 0 Å². The lowest BCUT2D eigenvalue weighted by atomic mass is 10.0. The van der Waals surface area contributed by atoms with E-state index in [2.05, 4.69) is 9.95 Å². The first-order chi connectivity index (χ1) is 10.3. The summed E-state index contributed by atoms with van der Waals surface area (Å²) in [6, 6.07) is 15.3. The van der Waals surface area contributed by atoms with Crippen molar-refractivity contribution >= 4 is 11.4 Å². The second kappa shape index (κ2) is 7.77. The third-order valence-corrected chi connectivity index (χ3v) is 3.53. The van der Waals surface area contributed by atoms with Gasteiger partial charge in [-0.15, -0.1) is 0 Å². The van der Waals surface area contributed by atoms with E-state index in [1.54, 1.807) is 0 Å². The van der Waals surface area contributed by atoms with E-state index >= 15 is 0 Å². The van der Waals surface area contributed by atoms with E-state index in [-0.39, 0.29) is 0 Å². The van der Waals surface area contributed by atoms with Crippen molar-refractivity contribution in [2.24, 2.45) is 0 Å². The average molecular weight is 278 g/mol. The second-order valence-electron chi connectivity index (χ2n) is 5.09. The molecule has 2 aromatic carbocycles. The van der Waals surface area contributed by atoms with Crippen LogP contribution in [-0.4, -0.2) is 0 Å². The Morgan fingerprint density at radius 1 is 0.571 bits per heavy atom. The fraction of sp³-hybridized carbons (Fsp3) is 0.294. The van der Waals surface area contributed by atoms with E-state index in [1.807, 2.05) is 48.5 Å². The van der Waals surface area contributed by atoms with Gasteiger partial charge in [-0.05, 0) is 36.8 Å². The van der Waals surface area contributed by atoms with Crippen molar-refractivity contribution in [1.82, 2.24) is 0 Å². The van der Waals surface area contributed by atoms with E-state index in [0.717, 1.165) is 25.7 Å². The summed E-state index contributed by atoms with van der Waals surface area (Å²) in [5.74, 6) is 0. The van der Waals surface area contributed by atoms with Crippen LogP contribution in [0.5, 0.6) is 0 Å². The summed E-state index contributed by atoms with van der Waals surface area (Å²) in [6.07, 6.45) is 5.58. The Bertz CT molecular complexity index is 586. The number of aryl methyl sites for hydroxylation is 2. The molecule has 4 heteroatoms. The summed E-state index contributed by atoms with van der Waals surface area (Å²) in [4.78, 5) is 6.29. The molecule has 0 heterocycles. The lowest BCUT2D eigenvalue weighted by Crippen LogP contribution is -1.88. The molecule has 0 saturated heterocycles. The summed E-state index contributed by atoms with van der Waals surface area (Å²) in [6.45, 7) is 0. The van der Waals surface area contributed by atoms with Crippen LogP contribution < -0.4 is 0 Å². The predicted molar refractivity (Wildman–Crippen MR) is 83.6 cm³/mol. The van der Waals surface area contributed by atoms with Gasteiger partial charge in [0.15, 0.2) is 9.95 Å². The number of hydrogen-bond acceptors (Lipinski definition) is 2. The third kappa shape index (κ3) is 4.71. The maximum absolute atomic E-state index is 8.62. The third-order valence-electron chi connectivity index (χ3n) is 3.53. The van der Waals surface area contributed by atoms with Crippen LogP contribution in [0.1, 0.15) is 30.4 Å². The number of nitrogens with zero attached hydrogens (tertiary/aromatic N) is 4. The number of hydrogen-bond donors (Lipinski definition) is 0. The zero-order valence-corrected chi connectivity index (χ0v) is 11.9. The van der Waals surface area contributed by atoms with Crippen molar-refractivity contribution in [2.45, 2.75) is 32.1 Å². The van der Waals surface area contributed by atoms with Crippen LogP contribution >= 0.6 is 0 Å². The van der Waals surface area contributed by atoms with Crippen molar-refractivity contribution in [2.75, 3.05) is 0 Å². The lowest BCUT2D eigenvalue weighted by molar-refractivity contribution is 0.678. The molecule has 0 aliphatic rings. The highest BCUT2D eigenvalue weighted by molar-refractivity contribution is 5.45. The molecule has 2 rings (SSSR count). The highest BCUT2D eigenvalue weighted by Gasteiger charge is 2.04. The van der Waals surface area contributed by atoms with Crippen LogP contribution in [0.4, 0.5) is 11.4 Å². The first kappa shape index (κ1) is 14.7. The first-order valence-corrected chi connectivity index (χ1v) is 7.20. The standard InChI is InChI=1S/C17H18N4/c18-20-16-10-6-14(7-11-16)4-2-1-3-5-15-8-12-17(21-19)13-9-15/h6-13H,1-5H2/q+2. The smallest absolute Gasteiger partial charge is 0.0527 e. The monoisotopic (exact) mass is 278 g/mol. The van der Waals surface area contributed by atoms with Gasteiger partial charge in [0, 0.05) is 24.3 Å². The fourth-order valence-electron chi connectivity index (χ4n) is 2.29. The van der Waals surface area contributed by atoms with Gasteiger partial charge in [0.2, 0.25) is 10.8 Å². The van der Waals surface area contributed by atoms with Gasteiger partial charge < -0.3 is 0 Å². The molecule has 0 aliphatic carbocycles. The summed E-state index contributed by atoms with van der Waals surface area (Å²) in [7, 11) is 0. The van der Waals surface area contributed by atoms with Crippen LogP contribution in [0.25, 0.3) is 9.95 Å². The highest BCUT2D eigenvalue weighted by Crippen LogP contribution is 2.16. The Balaban J connectivity index is 1.67. The van der Waals surface area contributed by atoms with E-state index in [1.165, 1.54) is 17.5 Å². The van der Waals surface area contributed by atoms with E-state index < -0.39 is 0 Å². The Morgan fingerprint density at radius 3 is 1.29 bits per heavy atom. The van der Waals surface area contributed by atoms with Gasteiger partial charge in [-0.25, -0.2) is 0 Å². The average Bonchev–Trinajstić information content (AvgIpc) is 2.55. The lowest BCUT2D eigenvalue weighted by Gasteiger charge is -2.02. The normalized spacial score (nSPS) is 9.81. The Hall–Kier alpha value is -2.72. The fourth-order valence-corrected chi connectivity index (χ4v) is 2.29. The molecule has 4 nitrogen and oxygen atoms in total. The molecule has 0 atom stereocenters. The van der Waals surface area contributed by atoms with Crippen LogP contribution in [-0.2, 0) is 12.8 Å². The van der Waals surface area contributed by atoms with Crippen LogP contribution in [0.15, 0.2) is 48.5 Å². The summed E-state index contributed by atoms with van der Waals surface area (Å²) >= 11 is 0. The molecule has 104 valence electrons. The minimum Gasteiger partial charge on any atom is -0.0527 e. The van der Waals surface area contributed by atoms with E-state index in [4.69, 9.17) is 10.8 Å². The van der Waals surface area contributed by atoms with Gasteiger partial charge in [0.1, 0.15) is 0 Å². The van der Waals surface area contributed by atoms with Gasteiger partial charge in [-0.2, -0.15) is 0 Å². The molecule has 0 N–H and O–H groups in total. The molecule has 0 spiro atoms. The topological polar surface area (TPSA) is 56.3 Å². The molecule has 0 bridgehead atoms. The molecule has 0 aliphatic heterocycles. The van der Waals surface area contributed by atoms with Crippen molar-refractivity contribution in [1.29, 1.82) is 10.8 Å². The van der Waals surface area contributed by atoms with E-state index in [0.29, 0.717) is 11.4 Å². The molecule has 0 radical (unpaired) electrons. The molecular formula is C17H18N4+2. The van der Waals surface area contributed by atoms with Crippen molar-refractivity contribution in [3.63, 3.8) is 0 Å². The summed E-state index contributed by atoms with van der Waals surface area (Å²) in [5, 5.41) is 17.2. The highest BCUT2D eigenvalue weighted by atomic mass is 14.8. The molecule has 2 aromatic rings. The predicted octanol–water partition coefficient (Wildman–Crippen LogP) is 5.61. The summed E-state index contributed by atoms with van der Waals surface area (Å²) in [5.41, 5.74) is 3.74. The van der Waals surface area contributed by atoms with E-state index in [9.17, 15) is 0 Å². The zero-order chi connectivity index (χ0) is 14.9. The second-order valence-corrected chi connectivity index (χ2v) is 5.09. The summed E-state index contributed by atoms with van der Waals surface area (Å²) < 4.78 is 0. The van der Waals surface area contributed by atoms with Gasteiger partial charge in [0.25, 0.3) is 0 Å². The number of rotatable bonds is 6. The van der Waals surface area contributed by atoms with Crippen LogP contribution in [0.2, 0.25) is 0 Å². The Labute approximate surface area is 124 Å². The molecule has 0 unspecified atom stereocenters. The largest absolute Gasteiger partial charge is 0.385 e. The molecule has 21 heavy (non-hydrogen) atoms. The molecule has 0 aromatic heterocycles. The number of diazo groups is 2. The van der Waals surface area contributed by atoms with Gasteiger partial charge in [-0.3, -0.25) is 0 Å². The zero-order valence-electron chi connectivity index (χ0n) is 11.9.